The number of amides is 1. The molecular formula is C23H27N3O. The molecule has 27 heavy (non-hydrogen) atoms. The molecule has 0 N–H and O–H groups in total. The van der Waals surface area contributed by atoms with Gasteiger partial charge in [-0.1, -0.05) is 36.4 Å². The van der Waals surface area contributed by atoms with Crippen LogP contribution in [0.25, 0.3) is 10.9 Å². The molecule has 0 atom stereocenters. The maximum absolute atomic E-state index is 12.9. The first-order valence-electron chi connectivity index (χ1n) is 9.74. The predicted octanol–water partition coefficient (Wildman–Crippen LogP) is 4.08. The number of hydrogen-bond acceptors (Lipinski definition) is 2. The summed E-state index contributed by atoms with van der Waals surface area (Å²) in [6.45, 7) is 4.17. The summed E-state index contributed by atoms with van der Waals surface area (Å²) in [7, 11) is 2.16. The third-order valence-corrected chi connectivity index (χ3v) is 5.84. The summed E-state index contributed by atoms with van der Waals surface area (Å²) in [6, 6.07) is 21.4. The Morgan fingerprint density at radius 2 is 1.70 bits per heavy atom. The van der Waals surface area contributed by atoms with Gasteiger partial charge in [-0.3, -0.25) is 4.79 Å². The van der Waals surface area contributed by atoms with Gasteiger partial charge in [-0.25, -0.2) is 0 Å². The van der Waals surface area contributed by atoms with E-state index >= 15 is 0 Å². The van der Waals surface area contributed by atoms with Crippen LogP contribution in [0.3, 0.4) is 0 Å². The molecule has 0 radical (unpaired) electrons. The Kier molecular flexibility index (Phi) is 4.88. The first-order valence-corrected chi connectivity index (χ1v) is 9.74. The molecule has 1 aromatic heterocycles. The standard InChI is InChI=1S/C23H27N3O/c1-18-16-19-8-6-7-11-22(19)26(18)17-23(27)25-14-12-21(13-15-25)24(2)20-9-4-3-5-10-20/h3-11,16,21H,12-15,17H2,1-2H3. The molecule has 0 aliphatic carbocycles. The maximum atomic E-state index is 12.9. The molecule has 0 spiro atoms. The largest absolute Gasteiger partial charge is 0.371 e. The van der Waals surface area contributed by atoms with E-state index in [9.17, 15) is 4.79 Å². The summed E-state index contributed by atoms with van der Waals surface area (Å²) in [4.78, 5) is 17.3. The van der Waals surface area contributed by atoms with Gasteiger partial charge in [0.2, 0.25) is 5.91 Å². The van der Waals surface area contributed by atoms with Gasteiger partial charge in [0, 0.05) is 43.1 Å². The molecule has 1 aliphatic rings. The molecular weight excluding hydrogens is 334 g/mol. The van der Waals surface area contributed by atoms with E-state index in [1.54, 1.807) is 0 Å². The topological polar surface area (TPSA) is 28.5 Å². The van der Waals surface area contributed by atoms with E-state index in [4.69, 9.17) is 0 Å². The number of para-hydroxylation sites is 2. The van der Waals surface area contributed by atoms with Crippen molar-refractivity contribution in [2.75, 3.05) is 25.0 Å². The van der Waals surface area contributed by atoms with Crippen molar-refractivity contribution in [2.24, 2.45) is 0 Å². The Bertz CT molecular complexity index is 923. The minimum atomic E-state index is 0.222. The summed E-state index contributed by atoms with van der Waals surface area (Å²) in [5, 5.41) is 1.20. The van der Waals surface area contributed by atoms with Crippen molar-refractivity contribution in [3.63, 3.8) is 0 Å². The third kappa shape index (κ3) is 3.57. The number of aryl methyl sites for hydroxylation is 1. The lowest BCUT2D eigenvalue weighted by molar-refractivity contribution is -0.132. The van der Waals surface area contributed by atoms with Crippen LogP contribution >= 0.6 is 0 Å². The minimum absolute atomic E-state index is 0.222. The normalized spacial score (nSPS) is 15.3. The lowest BCUT2D eigenvalue weighted by atomic mass is 10.0. The van der Waals surface area contributed by atoms with Gasteiger partial charge in [-0.2, -0.15) is 0 Å². The number of rotatable bonds is 4. The molecule has 2 heterocycles. The van der Waals surface area contributed by atoms with Crippen molar-refractivity contribution in [1.82, 2.24) is 9.47 Å². The van der Waals surface area contributed by atoms with E-state index in [2.05, 4.69) is 65.9 Å². The number of nitrogens with zero attached hydrogens (tertiary/aromatic N) is 3. The second-order valence-corrected chi connectivity index (χ2v) is 7.49. The van der Waals surface area contributed by atoms with Crippen LogP contribution in [-0.4, -0.2) is 41.6 Å². The van der Waals surface area contributed by atoms with E-state index in [0.29, 0.717) is 12.6 Å². The van der Waals surface area contributed by atoms with Gasteiger partial charge in [0.15, 0.2) is 0 Å². The van der Waals surface area contributed by atoms with Crippen LogP contribution in [0.2, 0.25) is 0 Å². The monoisotopic (exact) mass is 361 g/mol. The fraction of sp³-hybridized carbons (Fsp3) is 0.348. The van der Waals surface area contributed by atoms with Crippen LogP contribution in [0.4, 0.5) is 5.69 Å². The molecule has 0 saturated carbocycles. The summed E-state index contributed by atoms with van der Waals surface area (Å²) in [5.41, 5.74) is 3.53. The highest BCUT2D eigenvalue weighted by atomic mass is 16.2. The van der Waals surface area contributed by atoms with Gasteiger partial charge in [0.1, 0.15) is 6.54 Å². The zero-order valence-corrected chi connectivity index (χ0v) is 16.1. The summed E-state index contributed by atoms with van der Waals surface area (Å²) >= 11 is 0. The zero-order chi connectivity index (χ0) is 18.8. The lowest BCUT2D eigenvalue weighted by Crippen LogP contribution is -2.46. The Morgan fingerprint density at radius 3 is 2.44 bits per heavy atom. The second kappa shape index (κ2) is 7.47. The van der Waals surface area contributed by atoms with Gasteiger partial charge in [-0.05, 0) is 49.4 Å². The number of hydrogen-bond donors (Lipinski definition) is 0. The van der Waals surface area contributed by atoms with Gasteiger partial charge in [0.25, 0.3) is 0 Å². The highest BCUT2D eigenvalue weighted by Crippen LogP contribution is 2.23. The van der Waals surface area contributed by atoms with E-state index < -0.39 is 0 Å². The van der Waals surface area contributed by atoms with E-state index in [0.717, 1.165) is 37.1 Å². The molecule has 140 valence electrons. The number of anilines is 1. The highest BCUT2D eigenvalue weighted by Gasteiger charge is 2.26. The van der Waals surface area contributed by atoms with Crippen LogP contribution < -0.4 is 4.90 Å². The predicted molar refractivity (Wildman–Crippen MR) is 111 cm³/mol. The number of carbonyl (C=O) groups is 1. The quantitative estimate of drug-likeness (QED) is 0.701. The summed E-state index contributed by atoms with van der Waals surface area (Å²) < 4.78 is 2.14. The Hall–Kier alpha value is -2.75. The smallest absolute Gasteiger partial charge is 0.242 e. The molecule has 0 bridgehead atoms. The molecule has 3 aromatic rings. The molecule has 4 nitrogen and oxygen atoms in total. The Balaban J connectivity index is 1.39. The Labute approximate surface area is 161 Å². The first kappa shape index (κ1) is 17.7. The van der Waals surface area contributed by atoms with Gasteiger partial charge < -0.3 is 14.4 Å². The van der Waals surface area contributed by atoms with Crippen molar-refractivity contribution in [1.29, 1.82) is 0 Å². The Morgan fingerprint density at radius 1 is 1.04 bits per heavy atom. The van der Waals surface area contributed by atoms with Crippen molar-refractivity contribution in [3.05, 3.63) is 66.4 Å². The average molecular weight is 361 g/mol. The van der Waals surface area contributed by atoms with Gasteiger partial charge in [0.05, 0.1) is 0 Å². The lowest BCUT2D eigenvalue weighted by Gasteiger charge is -2.38. The first-order chi connectivity index (χ1) is 13.1. The zero-order valence-electron chi connectivity index (χ0n) is 16.1. The van der Waals surface area contributed by atoms with Crippen LogP contribution in [0.5, 0.6) is 0 Å². The SMILES string of the molecule is Cc1cc2ccccc2n1CC(=O)N1CCC(N(C)c2ccccc2)CC1. The van der Waals surface area contributed by atoms with Crippen LogP contribution in [0.1, 0.15) is 18.5 Å². The number of likely N-dealkylation sites (tertiary alicyclic amines) is 1. The van der Waals surface area contributed by atoms with E-state index in [-0.39, 0.29) is 5.91 Å². The fourth-order valence-electron chi connectivity index (χ4n) is 4.17. The van der Waals surface area contributed by atoms with Crippen LogP contribution in [0.15, 0.2) is 60.7 Å². The molecule has 2 aromatic carbocycles. The minimum Gasteiger partial charge on any atom is -0.371 e. The molecule has 4 rings (SSSR count). The molecule has 1 amide bonds. The molecule has 1 aliphatic heterocycles. The van der Waals surface area contributed by atoms with Crippen molar-refractivity contribution in [3.8, 4) is 0 Å². The number of piperidine rings is 1. The van der Waals surface area contributed by atoms with Crippen molar-refractivity contribution in [2.45, 2.75) is 32.4 Å². The highest BCUT2D eigenvalue weighted by molar-refractivity contribution is 5.84. The van der Waals surface area contributed by atoms with Gasteiger partial charge in [-0.15, -0.1) is 0 Å². The summed E-state index contributed by atoms with van der Waals surface area (Å²) in [6.07, 6.45) is 2.03. The second-order valence-electron chi connectivity index (χ2n) is 7.49. The van der Waals surface area contributed by atoms with Crippen molar-refractivity contribution < 1.29 is 4.79 Å². The van der Waals surface area contributed by atoms with E-state index in [1.807, 2.05) is 23.1 Å². The molecule has 1 fully saturated rings. The fourth-order valence-corrected chi connectivity index (χ4v) is 4.17. The maximum Gasteiger partial charge on any atom is 0.242 e. The van der Waals surface area contributed by atoms with Crippen molar-refractivity contribution >= 4 is 22.5 Å². The third-order valence-electron chi connectivity index (χ3n) is 5.84. The number of aromatic nitrogens is 1. The number of benzene rings is 2. The van der Waals surface area contributed by atoms with Gasteiger partial charge >= 0.3 is 0 Å². The average Bonchev–Trinajstić information content (AvgIpc) is 3.03. The number of carbonyl (C=O) groups excluding carboxylic acids is 1. The van der Waals surface area contributed by atoms with Crippen LogP contribution in [-0.2, 0) is 11.3 Å². The molecule has 1 saturated heterocycles. The molecule has 0 unspecified atom stereocenters. The van der Waals surface area contributed by atoms with E-state index in [1.165, 1.54) is 11.1 Å². The summed E-state index contributed by atoms with van der Waals surface area (Å²) in [5.74, 6) is 0.222. The van der Waals surface area contributed by atoms with Crippen LogP contribution in [0, 0.1) is 6.92 Å². The number of fused-ring (bicyclic) bond motifs is 1. The molecule has 4 heteroatoms.